The van der Waals surface area contributed by atoms with E-state index in [1.165, 1.54) is 0 Å². The van der Waals surface area contributed by atoms with Crippen molar-refractivity contribution in [1.82, 2.24) is 4.90 Å². The summed E-state index contributed by atoms with van der Waals surface area (Å²) in [7, 11) is 0. The molecule has 0 aromatic heterocycles. The molecule has 1 aliphatic heterocycles. The van der Waals surface area contributed by atoms with Gasteiger partial charge in [-0.25, -0.2) is 13.2 Å². The summed E-state index contributed by atoms with van der Waals surface area (Å²) in [4.78, 5) is 13.7. The molecule has 2 N–H and O–H groups in total. The predicted octanol–water partition coefficient (Wildman–Crippen LogP) is 2.38. The van der Waals surface area contributed by atoms with Crippen LogP contribution in [-0.4, -0.2) is 29.9 Å². The lowest BCUT2D eigenvalue weighted by Gasteiger charge is -2.17. The van der Waals surface area contributed by atoms with Gasteiger partial charge in [0.25, 0.3) is 0 Å². The Hall–Kier alpha value is -1.56. The number of hydrogen-bond acceptors (Lipinski definition) is 2. The van der Waals surface area contributed by atoms with Crippen molar-refractivity contribution in [2.75, 3.05) is 13.1 Å². The number of nitrogens with zero attached hydrogens (tertiary/aromatic N) is 1. The number of amides is 1. The van der Waals surface area contributed by atoms with Gasteiger partial charge in [-0.2, -0.15) is 0 Å². The molecular formula is C15H19F3N2O. The highest BCUT2D eigenvalue weighted by Gasteiger charge is 2.19. The number of carbonyl (C=O) groups is 1. The molecule has 2 rings (SSSR count). The van der Waals surface area contributed by atoms with E-state index in [0.29, 0.717) is 18.9 Å². The van der Waals surface area contributed by atoms with E-state index in [1.54, 1.807) is 4.90 Å². The van der Waals surface area contributed by atoms with E-state index in [0.717, 1.165) is 32.0 Å². The first-order chi connectivity index (χ1) is 9.97. The molecule has 1 atom stereocenters. The molecule has 1 aromatic rings. The van der Waals surface area contributed by atoms with Crippen molar-refractivity contribution >= 4 is 5.91 Å². The fourth-order valence-electron chi connectivity index (χ4n) is 2.54. The van der Waals surface area contributed by atoms with Gasteiger partial charge in [0.1, 0.15) is 5.82 Å². The molecule has 0 spiro atoms. The van der Waals surface area contributed by atoms with E-state index in [4.69, 9.17) is 5.73 Å². The quantitative estimate of drug-likeness (QED) is 0.849. The highest BCUT2D eigenvalue weighted by atomic mass is 19.2. The van der Waals surface area contributed by atoms with Crippen LogP contribution in [0.25, 0.3) is 0 Å². The molecule has 1 saturated heterocycles. The van der Waals surface area contributed by atoms with Crippen LogP contribution < -0.4 is 5.73 Å². The molecule has 0 saturated carbocycles. The number of nitrogens with two attached hydrogens (primary N) is 1. The van der Waals surface area contributed by atoms with Crippen molar-refractivity contribution in [3.63, 3.8) is 0 Å². The zero-order chi connectivity index (χ0) is 15.4. The van der Waals surface area contributed by atoms with Crippen molar-refractivity contribution in [2.45, 2.75) is 38.1 Å². The van der Waals surface area contributed by atoms with E-state index in [2.05, 4.69) is 0 Å². The number of halogens is 3. The third-order valence-electron chi connectivity index (χ3n) is 3.76. The SMILES string of the molecule is NC(CCC(=O)N1CCCC1)Cc1cc(F)c(F)cc1F. The smallest absolute Gasteiger partial charge is 0.222 e. The second-order valence-electron chi connectivity index (χ2n) is 5.45. The van der Waals surface area contributed by atoms with Crippen LogP contribution in [0.2, 0.25) is 0 Å². The van der Waals surface area contributed by atoms with E-state index in [1.807, 2.05) is 0 Å². The second-order valence-corrected chi connectivity index (χ2v) is 5.45. The van der Waals surface area contributed by atoms with Gasteiger partial charge in [0.15, 0.2) is 11.6 Å². The van der Waals surface area contributed by atoms with Gasteiger partial charge in [-0.1, -0.05) is 0 Å². The lowest BCUT2D eigenvalue weighted by molar-refractivity contribution is -0.130. The molecule has 21 heavy (non-hydrogen) atoms. The number of benzene rings is 1. The average molecular weight is 300 g/mol. The molecule has 0 aliphatic carbocycles. The summed E-state index contributed by atoms with van der Waals surface area (Å²) < 4.78 is 39.4. The Morgan fingerprint density at radius 2 is 1.76 bits per heavy atom. The summed E-state index contributed by atoms with van der Waals surface area (Å²) in [6.07, 6.45) is 2.83. The van der Waals surface area contributed by atoms with Gasteiger partial charge in [-0.05, 0) is 37.3 Å². The number of rotatable bonds is 5. The average Bonchev–Trinajstić information content (AvgIpc) is 2.96. The van der Waals surface area contributed by atoms with Crippen LogP contribution in [0.4, 0.5) is 13.2 Å². The summed E-state index contributed by atoms with van der Waals surface area (Å²) in [6.45, 7) is 1.57. The summed E-state index contributed by atoms with van der Waals surface area (Å²) >= 11 is 0. The largest absolute Gasteiger partial charge is 0.343 e. The van der Waals surface area contributed by atoms with Crippen molar-refractivity contribution in [2.24, 2.45) is 5.73 Å². The first-order valence-electron chi connectivity index (χ1n) is 7.14. The standard InChI is InChI=1S/C15H19F3N2O/c16-12-9-14(18)13(17)8-10(12)7-11(19)3-4-15(21)20-5-1-2-6-20/h8-9,11H,1-7,19H2. The van der Waals surface area contributed by atoms with Gasteiger partial charge in [-0.15, -0.1) is 0 Å². The minimum absolute atomic E-state index is 0.0371. The zero-order valence-corrected chi connectivity index (χ0v) is 11.7. The monoisotopic (exact) mass is 300 g/mol. The van der Waals surface area contributed by atoms with Crippen LogP contribution in [0.15, 0.2) is 12.1 Å². The van der Waals surface area contributed by atoms with Gasteiger partial charge >= 0.3 is 0 Å². The topological polar surface area (TPSA) is 46.3 Å². The maximum absolute atomic E-state index is 13.5. The molecule has 3 nitrogen and oxygen atoms in total. The molecule has 0 bridgehead atoms. The van der Waals surface area contributed by atoms with E-state index in [-0.39, 0.29) is 17.9 Å². The Morgan fingerprint density at radius 3 is 2.43 bits per heavy atom. The van der Waals surface area contributed by atoms with Gasteiger partial charge < -0.3 is 10.6 Å². The fraction of sp³-hybridized carbons (Fsp3) is 0.533. The zero-order valence-electron chi connectivity index (χ0n) is 11.7. The maximum Gasteiger partial charge on any atom is 0.222 e. The summed E-state index contributed by atoms with van der Waals surface area (Å²) in [5.41, 5.74) is 5.89. The van der Waals surface area contributed by atoms with Gasteiger partial charge in [0, 0.05) is 31.6 Å². The minimum Gasteiger partial charge on any atom is -0.343 e. The van der Waals surface area contributed by atoms with Crippen LogP contribution >= 0.6 is 0 Å². The number of hydrogen-bond donors (Lipinski definition) is 1. The first kappa shape index (κ1) is 15.8. The lowest BCUT2D eigenvalue weighted by atomic mass is 10.0. The van der Waals surface area contributed by atoms with E-state index in [9.17, 15) is 18.0 Å². The molecule has 116 valence electrons. The fourth-order valence-corrected chi connectivity index (χ4v) is 2.54. The van der Waals surface area contributed by atoms with Gasteiger partial charge in [-0.3, -0.25) is 4.79 Å². The molecule has 1 amide bonds. The molecule has 1 aliphatic rings. The highest BCUT2D eigenvalue weighted by molar-refractivity contribution is 5.76. The number of carbonyl (C=O) groups excluding carboxylic acids is 1. The van der Waals surface area contributed by atoms with Crippen LogP contribution in [0.5, 0.6) is 0 Å². The highest BCUT2D eigenvalue weighted by Crippen LogP contribution is 2.17. The van der Waals surface area contributed by atoms with Crippen LogP contribution in [0, 0.1) is 17.5 Å². The number of likely N-dealkylation sites (tertiary alicyclic amines) is 1. The van der Waals surface area contributed by atoms with E-state index >= 15 is 0 Å². The predicted molar refractivity (Wildman–Crippen MR) is 73.0 cm³/mol. The summed E-state index contributed by atoms with van der Waals surface area (Å²) in [5.74, 6) is -3.07. The summed E-state index contributed by atoms with van der Waals surface area (Å²) in [6, 6.07) is 0.885. The van der Waals surface area contributed by atoms with Gasteiger partial charge in [0.05, 0.1) is 0 Å². The molecule has 6 heteroatoms. The van der Waals surface area contributed by atoms with Crippen LogP contribution in [0.1, 0.15) is 31.2 Å². The lowest BCUT2D eigenvalue weighted by Crippen LogP contribution is -2.30. The molecule has 1 fully saturated rings. The van der Waals surface area contributed by atoms with Crippen molar-refractivity contribution < 1.29 is 18.0 Å². The Morgan fingerprint density at radius 1 is 1.14 bits per heavy atom. The Bertz CT molecular complexity index is 516. The molecule has 1 heterocycles. The van der Waals surface area contributed by atoms with Gasteiger partial charge in [0.2, 0.25) is 5.91 Å². The molecular weight excluding hydrogens is 281 g/mol. The van der Waals surface area contributed by atoms with Crippen LogP contribution in [-0.2, 0) is 11.2 Å². The van der Waals surface area contributed by atoms with Crippen molar-refractivity contribution in [3.05, 3.63) is 35.1 Å². The second kappa shape index (κ2) is 6.93. The third kappa shape index (κ3) is 4.20. The normalized spacial score (nSPS) is 16.3. The minimum atomic E-state index is -1.21. The van der Waals surface area contributed by atoms with Crippen molar-refractivity contribution in [3.8, 4) is 0 Å². The third-order valence-corrected chi connectivity index (χ3v) is 3.76. The summed E-state index contributed by atoms with van der Waals surface area (Å²) in [5, 5.41) is 0. The Kier molecular flexibility index (Phi) is 5.22. The van der Waals surface area contributed by atoms with Crippen LogP contribution in [0.3, 0.4) is 0 Å². The Labute approximate surface area is 121 Å². The maximum atomic E-state index is 13.5. The molecule has 1 aromatic carbocycles. The van der Waals surface area contributed by atoms with E-state index < -0.39 is 23.5 Å². The van der Waals surface area contributed by atoms with Crippen molar-refractivity contribution in [1.29, 1.82) is 0 Å². The molecule has 1 unspecified atom stereocenters. The molecule has 0 radical (unpaired) electrons. The Balaban J connectivity index is 1.85. The first-order valence-corrected chi connectivity index (χ1v) is 7.14.